The Morgan fingerprint density at radius 1 is 1.14 bits per heavy atom. The van der Waals surface area contributed by atoms with Crippen LogP contribution in [0.3, 0.4) is 0 Å². The average molecular weight is 298 g/mol. The number of ether oxygens (including phenoxy) is 1. The molecule has 0 bridgehead atoms. The third kappa shape index (κ3) is 8.42. The highest BCUT2D eigenvalue weighted by Gasteiger charge is 2.16. The zero-order chi connectivity index (χ0) is 15.7. The molecule has 0 aromatic heterocycles. The van der Waals surface area contributed by atoms with Crippen LogP contribution in [0.25, 0.3) is 0 Å². The van der Waals surface area contributed by atoms with Crippen LogP contribution in [0, 0.1) is 0 Å². The van der Waals surface area contributed by atoms with Crippen molar-refractivity contribution in [2.24, 2.45) is 4.99 Å². The van der Waals surface area contributed by atoms with Gasteiger partial charge in [0, 0.05) is 26.2 Å². The fraction of sp³-hybridized carbons (Fsp3) is 0.867. The van der Waals surface area contributed by atoms with Crippen molar-refractivity contribution in [2.75, 3.05) is 20.1 Å². The van der Waals surface area contributed by atoms with Gasteiger partial charge in [0.2, 0.25) is 0 Å². The minimum atomic E-state index is -0.462. The minimum Gasteiger partial charge on any atom is -0.444 e. The minimum absolute atomic E-state index is 0.389. The highest BCUT2D eigenvalue weighted by molar-refractivity contribution is 5.80. The summed E-state index contributed by atoms with van der Waals surface area (Å²) < 4.78 is 5.17. The summed E-state index contributed by atoms with van der Waals surface area (Å²) in [5.41, 5.74) is -0.462. The van der Waals surface area contributed by atoms with Gasteiger partial charge in [0.15, 0.2) is 5.96 Å². The van der Waals surface area contributed by atoms with Gasteiger partial charge in [-0.25, -0.2) is 4.79 Å². The Kier molecular flexibility index (Phi) is 7.32. The highest BCUT2D eigenvalue weighted by atomic mass is 16.6. The van der Waals surface area contributed by atoms with E-state index in [4.69, 9.17) is 4.74 Å². The monoisotopic (exact) mass is 298 g/mol. The van der Waals surface area contributed by atoms with Crippen LogP contribution in [0.15, 0.2) is 4.99 Å². The number of carbonyl (C=O) groups is 1. The van der Waals surface area contributed by atoms with Gasteiger partial charge in [-0.15, -0.1) is 0 Å². The number of carbonyl (C=O) groups excluding carboxylic acids is 1. The van der Waals surface area contributed by atoms with Gasteiger partial charge in [-0.1, -0.05) is 19.3 Å². The van der Waals surface area contributed by atoms with Gasteiger partial charge >= 0.3 is 6.09 Å². The first kappa shape index (κ1) is 17.6. The summed E-state index contributed by atoms with van der Waals surface area (Å²) in [4.78, 5) is 15.7. The third-order valence-corrected chi connectivity index (χ3v) is 3.26. The van der Waals surface area contributed by atoms with Gasteiger partial charge in [-0.3, -0.25) is 4.99 Å². The second-order valence-corrected chi connectivity index (χ2v) is 6.41. The van der Waals surface area contributed by atoms with Crippen molar-refractivity contribution in [2.45, 2.75) is 64.5 Å². The SMILES string of the molecule is CN=C(NCCNC(=O)OC(C)(C)C)NC1CCCCC1. The van der Waals surface area contributed by atoms with Gasteiger partial charge in [0.1, 0.15) is 5.60 Å². The lowest BCUT2D eigenvalue weighted by molar-refractivity contribution is 0.0529. The van der Waals surface area contributed by atoms with Gasteiger partial charge in [0.05, 0.1) is 0 Å². The quantitative estimate of drug-likeness (QED) is 0.422. The molecule has 6 nitrogen and oxygen atoms in total. The molecule has 0 aromatic rings. The number of hydrogen-bond acceptors (Lipinski definition) is 3. The van der Waals surface area contributed by atoms with Crippen molar-refractivity contribution >= 4 is 12.1 Å². The van der Waals surface area contributed by atoms with Crippen LogP contribution >= 0.6 is 0 Å². The van der Waals surface area contributed by atoms with Gasteiger partial charge in [-0.2, -0.15) is 0 Å². The van der Waals surface area contributed by atoms with Crippen molar-refractivity contribution in [1.29, 1.82) is 0 Å². The van der Waals surface area contributed by atoms with E-state index in [2.05, 4.69) is 20.9 Å². The fourth-order valence-corrected chi connectivity index (χ4v) is 2.29. The Hall–Kier alpha value is -1.46. The molecule has 0 aromatic carbocycles. The Balaban J connectivity index is 2.16. The molecule has 122 valence electrons. The summed E-state index contributed by atoms with van der Waals surface area (Å²) in [5.74, 6) is 0.799. The summed E-state index contributed by atoms with van der Waals surface area (Å²) >= 11 is 0. The largest absolute Gasteiger partial charge is 0.444 e. The molecule has 0 unspecified atom stereocenters. The maximum atomic E-state index is 11.5. The van der Waals surface area contributed by atoms with E-state index in [1.165, 1.54) is 32.1 Å². The number of hydrogen-bond donors (Lipinski definition) is 3. The first-order valence-corrected chi connectivity index (χ1v) is 7.85. The van der Waals surface area contributed by atoms with E-state index in [1.807, 2.05) is 20.8 Å². The molecule has 1 aliphatic carbocycles. The van der Waals surface area contributed by atoms with E-state index in [0.29, 0.717) is 19.1 Å². The second kappa shape index (κ2) is 8.74. The Labute approximate surface area is 128 Å². The summed E-state index contributed by atoms with van der Waals surface area (Å²) in [6.45, 7) is 6.66. The molecule has 1 amide bonds. The summed E-state index contributed by atoms with van der Waals surface area (Å²) in [5, 5.41) is 9.35. The standard InChI is InChI=1S/C15H30N4O2/c1-15(2,3)21-14(20)18-11-10-17-13(16-4)19-12-8-6-5-7-9-12/h12H,5-11H2,1-4H3,(H,18,20)(H2,16,17,19). The van der Waals surface area contributed by atoms with Crippen LogP contribution in [-0.2, 0) is 4.74 Å². The van der Waals surface area contributed by atoms with Gasteiger partial charge in [-0.05, 0) is 33.6 Å². The van der Waals surface area contributed by atoms with Gasteiger partial charge in [0.25, 0.3) is 0 Å². The molecular weight excluding hydrogens is 268 g/mol. The van der Waals surface area contributed by atoms with Gasteiger partial charge < -0.3 is 20.7 Å². The lowest BCUT2D eigenvalue weighted by Gasteiger charge is -2.25. The highest BCUT2D eigenvalue weighted by Crippen LogP contribution is 2.17. The normalized spacial score (nSPS) is 17.2. The van der Waals surface area contributed by atoms with Crippen LogP contribution in [0.1, 0.15) is 52.9 Å². The molecule has 1 fully saturated rings. The van der Waals surface area contributed by atoms with Crippen molar-refractivity contribution < 1.29 is 9.53 Å². The predicted molar refractivity (Wildman–Crippen MR) is 85.6 cm³/mol. The first-order chi connectivity index (χ1) is 9.90. The maximum absolute atomic E-state index is 11.5. The molecule has 21 heavy (non-hydrogen) atoms. The Bertz CT molecular complexity index is 344. The van der Waals surface area contributed by atoms with E-state index in [0.717, 1.165) is 5.96 Å². The van der Waals surface area contributed by atoms with Crippen LogP contribution < -0.4 is 16.0 Å². The van der Waals surface area contributed by atoms with E-state index >= 15 is 0 Å². The van der Waals surface area contributed by atoms with Crippen LogP contribution in [0.5, 0.6) is 0 Å². The Morgan fingerprint density at radius 3 is 2.33 bits per heavy atom. The smallest absolute Gasteiger partial charge is 0.407 e. The molecule has 1 rings (SSSR count). The summed E-state index contributed by atoms with van der Waals surface area (Å²) in [6, 6.07) is 0.517. The van der Waals surface area contributed by atoms with Crippen molar-refractivity contribution in [3.63, 3.8) is 0 Å². The number of nitrogens with zero attached hydrogens (tertiary/aromatic N) is 1. The lowest BCUT2D eigenvalue weighted by Crippen LogP contribution is -2.46. The zero-order valence-electron chi connectivity index (χ0n) is 13.8. The molecule has 6 heteroatoms. The van der Waals surface area contributed by atoms with Crippen LogP contribution in [0.2, 0.25) is 0 Å². The molecule has 0 spiro atoms. The predicted octanol–water partition coefficient (Wildman–Crippen LogP) is 2.01. The number of aliphatic imine (C=N–C) groups is 1. The van der Waals surface area contributed by atoms with Crippen molar-refractivity contribution in [1.82, 2.24) is 16.0 Å². The second-order valence-electron chi connectivity index (χ2n) is 6.41. The van der Waals surface area contributed by atoms with Crippen molar-refractivity contribution in [3.05, 3.63) is 0 Å². The number of rotatable bonds is 4. The van der Waals surface area contributed by atoms with E-state index in [1.54, 1.807) is 7.05 Å². The molecule has 1 aliphatic rings. The third-order valence-electron chi connectivity index (χ3n) is 3.26. The molecule has 0 heterocycles. The molecule has 3 N–H and O–H groups in total. The molecule has 0 saturated heterocycles. The first-order valence-electron chi connectivity index (χ1n) is 7.85. The molecule has 0 atom stereocenters. The zero-order valence-corrected chi connectivity index (χ0v) is 13.8. The number of guanidine groups is 1. The molecule has 0 radical (unpaired) electrons. The van der Waals surface area contributed by atoms with Crippen LogP contribution in [-0.4, -0.2) is 43.8 Å². The van der Waals surface area contributed by atoms with E-state index in [9.17, 15) is 4.79 Å². The van der Waals surface area contributed by atoms with Crippen LogP contribution in [0.4, 0.5) is 4.79 Å². The lowest BCUT2D eigenvalue weighted by atomic mass is 9.96. The Morgan fingerprint density at radius 2 is 1.76 bits per heavy atom. The van der Waals surface area contributed by atoms with E-state index < -0.39 is 5.60 Å². The van der Waals surface area contributed by atoms with E-state index in [-0.39, 0.29) is 6.09 Å². The molecular formula is C15H30N4O2. The van der Waals surface area contributed by atoms with Crippen molar-refractivity contribution in [3.8, 4) is 0 Å². The average Bonchev–Trinajstić information content (AvgIpc) is 2.41. The molecule has 1 saturated carbocycles. The fourth-order valence-electron chi connectivity index (χ4n) is 2.29. The summed E-state index contributed by atoms with van der Waals surface area (Å²) in [6.07, 6.45) is 5.93. The topological polar surface area (TPSA) is 74.8 Å². The summed E-state index contributed by atoms with van der Waals surface area (Å²) in [7, 11) is 1.76. The molecule has 0 aliphatic heterocycles. The maximum Gasteiger partial charge on any atom is 0.407 e. The number of amides is 1. The number of nitrogens with one attached hydrogen (secondary N) is 3. The number of alkyl carbamates (subject to hydrolysis) is 1.